The van der Waals surface area contributed by atoms with Crippen LogP contribution < -0.4 is 11.1 Å². The Hall–Kier alpha value is -1.63. The Kier molecular flexibility index (Phi) is 7.14. The number of hydrogen-bond acceptors (Lipinski definition) is 5. The molecule has 0 aromatic heterocycles. The molecule has 7 heteroatoms. The number of methoxy groups -OCH3 is 1. The predicted octanol–water partition coefficient (Wildman–Crippen LogP) is 0.417. The summed E-state index contributed by atoms with van der Waals surface area (Å²) >= 11 is 0. The molecule has 21 heavy (non-hydrogen) atoms. The van der Waals surface area contributed by atoms with Crippen LogP contribution >= 0.6 is 0 Å². The van der Waals surface area contributed by atoms with Gasteiger partial charge in [0.05, 0.1) is 13.0 Å². The van der Waals surface area contributed by atoms with Gasteiger partial charge in [0.25, 0.3) is 0 Å². The van der Waals surface area contributed by atoms with E-state index < -0.39 is 18.0 Å². The lowest BCUT2D eigenvalue weighted by Gasteiger charge is -2.23. The number of carbonyl (C=O) groups excluding carboxylic acids is 2. The van der Waals surface area contributed by atoms with Gasteiger partial charge in [0.1, 0.15) is 6.04 Å². The number of amides is 1. The van der Waals surface area contributed by atoms with E-state index in [1.54, 1.807) is 0 Å². The summed E-state index contributed by atoms with van der Waals surface area (Å²) in [4.78, 5) is 34.5. The molecular weight excluding hydrogens is 276 g/mol. The first kappa shape index (κ1) is 17.4. The molecule has 1 saturated carbocycles. The Morgan fingerprint density at radius 3 is 2.57 bits per heavy atom. The van der Waals surface area contributed by atoms with Crippen molar-refractivity contribution in [3.63, 3.8) is 0 Å². The first-order valence-electron chi connectivity index (χ1n) is 7.31. The monoisotopic (exact) mass is 300 g/mol. The van der Waals surface area contributed by atoms with Crippen LogP contribution in [0.5, 0.6) is 0 Å². The van der Waals surface area contributed by atoms with Crippen LogP contribution in [0.15, 0.2) is 0 Å². The maximum atomic E-state index is 12.2. The highest BCUT2D eigenvalue weighted by Crippen LogP contribution is 2.22. The van der Waals surface area contributed by atoms with E-state index in [9.17, 15) is 14.4 Å². The topological polar surface area (TPSA) is 119 Å². The van der Waals surface area contributed by atoms with Crippen LogP contribution in [0.3, 0.4) is 0 Å². The fourth-order valence-corrected chi connectivity index (χ4v) is 2.56. The lowest BCUT2D eigenvalue weighted by molar-refractivity contribution is -0.144. The molecule has 0 radical (unpaired) electrons. The summed E-state index contributed by atoms with van der Waals surface area (Å²) in [5, 5.41) is 11.6. The van der Waals surface area contributed by atoms with Crippen LogP contribution in [-0.2, 0) is 19.1 Å². The molecular formula is C14H24N2O5. The average Bonchev–Trinajstić information content (AvgIpc) is 2.67. The number of aliphatic carboxylic acids is 1. The van der Waals surface area contributed by atoms with Gasteiger partial charge < -0.3 is 20.9 Å². The number of ether oxygens (including phenoxy) is 1. The largest absolute Gasteiger partial charge is 0.480 e. The Bertz CT molecular complexity index is 386. The first-order valence-corrected chi connectivity index (χ1v) is 7.31. The predicted molar refractivity (Wildman–Crippen MR) is 75.4 cm³/mol. The highest BCUT2D eigenvalue weighted by molar-refractivity contribution is 5.85. The molecule has 1 amide bonds. The van der Waals surface area contributed by atoms with Crippen LogP contribution in [0.4, 0.5) is 0 Å². The van der Waals surface area contributed by atoms with Crippen molar-refractivity contribution in [2.24, 2.45) is 11.7 Å². The standard InChI is InChI=1S/C14H24N2O5/c1-21-12(17)8-7-11(14(19)20)16-13(18)9-5-3-2-4-6-10(9)15/h9-11H,2-8,15H2,1H3,(H,16,18)(H,19,20)/t9?,10?,11-/m0/s1. The third-order valence-corrected chi connectivity index (χ3v) is 3.89. The fourth-order valence-electron chi connectivity index (χ4n) is 2.56. The highest BCUT2D eigenvalue weighted by atomic mass is 16.5. The van der Waals surface area contributed by atoms with E-state index in [0.717, 1.165) is 25.7 Å². The van der Waals surface area contributed by atoms with Crippen molar-refractivity contribution in [2.75, 3.05) is 7.11 Å². The second-order valence-corrected chi connectivity index (χ2v) is 5.42. The third-order valence-electron chi connectivity index (χ3n) is 3.89. The van der Waals surface area contributed by atoms with E-state index in [-0.39, 0.29) is 30.7 Å². The van der Waals surface area contributed by atoms with E-state index >= 15 is 0 Å². The summed E-state index contributed by atoms with van der Waals surface area (Å²) in [6.45, 7) is 0. The summed E-state index contributed by atoms with van der Waals surface area (Å²) < 4.78 is 4.47. The van der Waals surface area contributed by atoms with Crippen molar-refractivity contribution in [3.05, 3.63) is 0 Å². The van der Waals surface area contributed by atoms with E-state index in [4.69, 9.17) is 10.8 Å². The number of carboxylic acid groups (broad SMARTS) is 1. The fraction of sp³-hybridized carbons (Fsp3) is 0.786. The number of carbonyl (C=O) groups is 3. The molecule has 3 atom stereocenters. The molecule has 0 aromatic carbocycles. The van der Waals surface area contributed by atoms with Gasteiger partial charge in [-0.1, -0.05) is 19.3 Å². The van der Waals surface area contributed by atoms with Crippen molar-refractivity contribution < 1.29 is 24.2 Å². The molecule has 120 valence electrons. The molecule has 0 saturated heterocycles. The Balaban J connectivity index is 2.58. The molecule has 1 aliphatic carbocycles. The molecule has 0 bridgehead atoms. The zero-order valence-corrected chi connectivity index (χ0v) is 12.3. The molecule has 2 unspecified atom stereocenters. The van der Waals surface area contributed by atoms with Gasteiger partial charge >= 0.3 is 11.9 Å². The van der Waals surface area contributed by atoms with Gasteiger partial charge in [-0.25, -0.2) is 4.79 Å². The quantitative estimate of drug-likeness (QED) is 0.483. The van der Waals surface area contributed by atoms with Gasteiger partial charge in [0.2, 0.25) is 5.91 Å². The minimum atomic E-state index is -1.16. The number of carboxylic acids is 1. The second kappa shape index (κ2) is 8.61. The van der Waals surface area contributed by atoms with Crippen molar-refractivity contribution in [2.45, 2.75) is 57.0 Å². The molecule has 7 nitrogen and oxygen atoms in total. The van der Waals surface area contributed by atoms with Gasteiger partial charge in [-0.3, -0.25) is 9.59 Å². The summed E-state index contributed by atoms with van der Waals surface area (Å²) in [5.41, 5.74) is 5.99. The van der Waals surface area contributed by atoms with Crippen molar-refractivity contribution in [3.8, 4) is 0 Å². The molecule has 0 heterocycles. The van der Waals surface area contributed by atoms with Gasteiger partial charge in [0.15, 0.2) is 0 Å². The van der Waals surface area contributed by atoms with E-state index in [2.05, 4.69) is 10.1 Å². The van der Waals surface area contributed by atoms with Crippen LogP contribution in [0, 0.1) is 5.92 Å². The van der Waals surface area contributed by atoms with Gasteiger partial charge in [-0.15, -0.1) is 0 Å². The minimum absolute atomic E-state index is 0.00963. The van der Waals surface area contributed by atoms with Crippen molar-refractivity contribution in [1.82, 2.24) is 5.32 Å². The number of hydrogen-bond donors (Lipinski definition) is 3. The summed E-state index contributed by atoms with van der Waals surface area (Å²) in [5.74, 6) is -2.34. The van der Waals surface area contributed by atoms with Crippen LogP contribution in [-0.4, -0.2) is 42.1 Å². The third kappa shape index (κ3) is 5.71. The number of rotatable bonds is 6. The summed E-state index contributed by atoms with van der Waals surface area (Å²) in [7, 11) is 1.24. The molecule has 4 N–H and O–H groups in total. The molecule has 1 rings (SSSR count). The van der Waals surface area contributed by atoms with Crippen LogP contribution in [0.2, 0.25) is 0 Å². The molecule has 0 aromatic rings. The van der Waals surface area contributed by atoms with E-state index in [0.29, 0.717) is 6.42 Å². The van der Waals surface area contributed by atoms with E-state index in [1.807, 2.05) is 0 Å². The Morgan fingerprint density at radius 2 is 1.95 bits per heavy atom. The van der Waals surface area contributed by atoms with Gasteiger partial charge in [-0.2, -0.15) is 0 Å². The highest BCUT2D eigenvalue weighted by Gasteiger charge is 2.30. The van der Waals surface area contributed by atoms with Crippen LogP contribution in [0.25, 0.3) is 0 Å². The van der Waals surface area contributed by atoms with Crippen LogP contribution in [0.1, 0.15) is 44.9 Å². The van der Waals surface area contributed by atoms with Gasteiger partial charge in [0, 0.05) is 12.5 Å². The molecule has 0 spiro atoms. The summed E-state index contributed by atoms with van der Waals surface area (Å²) in [6, 6.07) is -1.32. The average molecular weight is 300 g/mol. The maximum absolute atomic E-state index is 12.2. The normalized spacial score (nSPS) is 23.7. The minimum Gasteiger partial charge on any atom is -0.480 e. The smallest absolute Gasteiger partial charge is 0.326 e. The number of nitrogens with two attached hydrogens (primary N) is 1. The summed E-state index contributed by atoms with van der Waals surface area (Å²) in [6.07, 6.45) is 4.37. The number of nitrogens with one attached hydrogen (secondary N) is 1. The second-order valence-electron chi connectivity index (χ2n) is 5.42. The molecule has 1 aliphatic rings. The maximum Gasteiger partial charge on any atom is 0.326 e. The Morgan fingerprint density at radius 1 is 1.29 bits per heavy atom. The lowest BCUT2D eigenvalue weighted by Crippen LogP contribution is -2.48. The molecule has 1 fully saturated rings. The van der Waals surface area contributed by atoms with E-state index in [1.165, 1.54) is 7.11 Å². The number of esters is 1. The zero-order valence-electron chi connectivity index (χ0n) is 12.3. The zero-order chi connectivity index (χ0) is 15.8. The van der Waals surface area contributed by atoms with Gasteiger partial charge in [-0.05, 0) is 19.3 Å². The van der Waals surface area contributed by atoms with Crippen molar-refractivity contribution >= 4 is 17.8 Å². The van der Waals surface area contributed by atoms with Crippen molar-refractivity contribution in [1.29, 1.82) is 0 Å². The molecule has 0 aliphatic heterocycles. The Labute approximate surface area is 124 Å². The SMILES string of the molecule is COC(=O)CC[C@H](NC(=O)C1CCCCCC1N)C(=O)O. The lowest BCUT2D eigenvalue weighted by atomic mass is 9.94. The first-order chi connectivity index (χ1) is 9.95.